The standard InChI is InChI=1S/C22H27P/c1-21(2,18-12-8-9-13-18)23(20-16-6-5-7-17-20)22(3,4)19-14-10-11-15-19/h5-12,14,16-17H,13,15H2,1-4H3. The molecule has 1 aromatic rings. The molecule has 0 amide bonds. The Morgan fingerprint density at radius 2 is 1.22 bits per heavy atom. The predicted molar refractivity (Wildman–Crippen MR) is 105 cm³/mol. The van der Waals surface area contributed by atoms with Crippen LogP contribution in [0.1, 0.15) is 40.5 Å². The van der Waals surface area contributed by atoms with Crippen molar-refractivity contribution in [2.75, 3.05) is 0 Å². The summed E-state index contributed by atoms with van der Waals surface area (Å²) in [6, 6.07) is 11.2. The van der Waals surface area contributed by atoms with Crippen LogP contribution in [0.3, 0.4) is 0 Å². The zero-order chi connectivity index (χ0) is 16.5. The van der Waals surface area contributed by atoms with Crippen molar-refractivity contribution in [1.82, 2.24) is 0 Å². The van der Waals surface area contributed by atoms with Crippen LogP contribution in [0.5, 0.6) is 0 Å². The Balaban J connectivity index is 2.07. The van der Waals surface area contributed by atoms with Crippen molar-refractivity contribution in [2.24, 2.45) is 0 Å². The minimum absolute atomic E-state index is 0.188. The van der Waals surface area contributed by atoms with E-state index in [1.54, 1.807) is 11.1 Å². The van der Waals surface area contributed by atoms with Gasteiger partial charge in [-0.25, -0.2) is 0 Å². The van der Waals surface area contributed by atoms with E-state index in [-0.39, 0.29) is 18.2 Å². The van der Waals surface area contributed by atoms with E-state index in [1.807, 2.05) is 0 Å². The fourth-order valence-electron chi connectivity index (χ4n) is 4.01. The van der Waals surface area contributed by atoms with Crippen molar-refractivity contribution < 1.29 is 0 Å². The van der Waals surface area contributed by atoms with Gasteiger partial charge in [0.15, 0.2) is 0 Å². The molecule has 0 N–H and O–H groups in total. The van der Waals surface area contributed by atoms with Gasteiger partial charge < -0.3 is 0 Å². The van der Waals surface area contributed by atoms with Crippen molar-refractivity contribution in [2.45, 2.75) is 50.8 Å². The van der Waals surface area contributed by atoms with Gasteiger partial charge in [-0.1, -0.05) is 114 Å². The van der Waals surface area contributed by atoms with Gasteiger partial charge in [0.1, 0.15) is 0 Å². The van der Waals surface area contributed by atoms with E-state index in [2.05, 4.69) is 94.5 Å². The van der Waals surface area contributed by atoms with Crippen LogP contribution in [0, 0.1) is 0 Å². The SMILES string of the molecule is CC(C)(C1=CC=CC1)P(c1ccccc1)C(C)(C)C1=CC=CC1. The first-order chi connectivity index (χ1) is 10.9. The first-order valence-electron chi connectivity index (χ1n) is 8.52. The molecule has 2 aliphatic carbocycles. The first-order valence-corrected chi connectivity index (χ1v) is 9.86. The summed E-state index contributed by atoms with van der Waals surface area (Å²) in [7, 11) is -0.381. The van der Waals surface area contributed by atoms with E-state index >= 15 is 0 Å². The maximum atomic E-state index is 2.45. The Labute approximate surface area is 142 Å². The molecule has 1 aromatic carbocycles. The summed E-state index contributed by atoms with van der Waals surface area (Å²) >= 11 is 0. The van der Waals surface area contributed by atoms with Gasteiger partial charge in [-0.05, 0) is 18.1 Å². The molecular weight excluding hydrogens is 295 g/mol. The zero-order valence-electron chi connectivity index (χ0n) is 14.7. The van der Waals surface area contributed by atoms with Gasteiger partial charge in [0.2, 0.25) is 0 Å². The van der Waals surface area contributed by atoms with Gasteiger partial charge in [-0.15, -0.1) is 0 Å². The van der Waals surface area contributed by atoms with Crippen LogP contribution < -0.4 is 5.30 Å². The molecule has 0 aromatic heterocycles. The van der Waals surface area contributed by atoms with Gasteiger partial charge in [0, 0.05) is 10.3 Å². The van der Waals surface area contributed by atoms with Gasteiger partial charge >= 0.3 is 0 Å². The number of allylic oxidation sites excluding steroid dienone is 8. The molecule has 0 unspecified atom stereocenters. The van der Waals surface area contributed by atoms with E-state index in [1.165, 1.54) is 5.30 Å². The summed E-state index contributed by atoms with van der Waals surface area (Å²) < 4.78 is 0. The second-order valence-corrected chi connectivity index (χ2v) is 10.9. The third kappa shape index (κ3) is 3.02. The van der Waals surface area contributed by atoms with Crippen LogP contribution in [0.4, 0.5) is 0 Å². The van der Waals surface area contributed by atoms with Crippen LogP contribution in [0.25, 0.3) is 0 Å². The summed E-state index contributed by atoms with van der Waals surface area (Å²) in [6.07, 6.45) is 15.9. The first kappa shape index (κ1) is 16.5. The summed E-state index contributed by atoms with van der Waals surface area (Å²) in [5.41, 5.74) is 3.15. The average Bonchev–Trinajstić information content (AvgIpc) is 3.22. The van der Waals surface area contributed by atoms with E-state index in [9.17, 15) is 0 Å². The van der Waals surface area contributed by atoms with Crippen LogP contribution in [-0.4, -0.2) is 10.3 Å². The second kappa shape index (κ2) is 6.25. The molecule has 0 fully saturated rings. The van der Waals surface area contributed by atoms with Gasteiger partial charge in [-0.3, -0.25) is 0 Å². The minimum atomic E-state index is -0.381. The molecule has 3 rings (SSSR count). The van der Waals surface area contributed by atoms with Crippen LogP contribution >= 0.6 is 7.92 Å². The Hall–Kier alpha value is -1.39. The van der Waals surface area contributed by atoms with E-state index in [0.29, 0.717) is 0 Å². The molecule has 0 bridgehead atoms. The molecule has 0 spiro atoms. The molecular formula is C22H27P. The molecule has 23 heavy (non-hydrogen) atoms. The van der Waals surface area contributed by atoms with Gasteiger partial charge in [-0.2, -0.15) is 0 Å². The fourth-order valence-corrected chi connectivity index (χ4v) is 8.08. The van der Waals surface area contributed by atoms with Crippen LogP contribution in [0.2, 0.25) is 0 Å². The van der Waals surface area contributed by atoms with Crippen LogP contribution in [0.15, 0.2) is 77.9 Å². The number of hydrogen-bond donors (Lipinski definition) is 0. The lowest BCUT2D eigenvalue weighted by molar-refractivity contribution is 0.732. The maximum Gasteiger partial charge on any atom is 0.0111 e. The topological polar surface area (TPSA) is 0 Å². The lowest BCUT2D eigenvalue weighted by Crippen LogP contribution is -2.37. The van der Waals surface area contributed by atoms with E-state index in [4.69, 9.17) is 0 Å². The van der Waals surface area contributed by atoms with Crippen molar-refractivity contribution in [3.8, 4) is 0 Å². The highest BCUT2D eigenvalue weighted by molar-refractivity contribution is 7.69. The molecule has 0 radical (unpaired) electrons. The third-order valence-corrected chi connectivity index (χ3v) is 8.87. The molecule has 120 valence electrons. The van der Waals surface area contributed by atoms with Crippen molar-refractivity contribution in [1.29, 1.82) is 0 Å². The average molecular weight is 322 g/mol. The normalized spacial score (nSPS) is 17.8. The summed E-state index contributed by atoms with van der Waals surface area (Å²) in [5.74, 6) is 0. The molecule has 0 nitrogen and oxygen atoms in total. The van der Waals surface area contributed by atoms with Crippen molar-refractivity contribution in [3.63, 3.8) is 0 Å². The second-order valence-electron chi connectivity index (χ2n) is 7.44. The fraction of sp³-hybridized carbons (Fsp3) is 0.364. The Morgan fingerprint density at radius 3 is 1.61 bits per heavy atom. The molecule has 0 saturated carbocycles. The minimum Gasteiger partial charge on any atom is -0.0804 e. The van der Waals surface area contributed by atoms with Gasteiger partial charge in [0.05, 0.1) is 0 Å². The molecule has 2 aliphatic rings. The number of rotatable bonds is 5. The monoisotopic (exact) mass is 322 g/mol. The predicted octanol–water partition coefficient (Wildman–Crippen LogP) is 6.12. The molecule has 0 heterocycles. The summed E-state index contributed by atoms with van der Waals surface area (Å²) in [6.45, 7) is 9.81. The van der Waals surface area contributed by atoms with E-state index in [0.717, 1.165) is 12.8 Å². The number of benzene rings is 1. The molecule has 0 aliphatic heterocycles. The lowest BCUT2D eigenvalue weighted by Gasteiger charge is -2.47. The highest BCUT2D eigenvalue weighted by Crippen LogP contribution is 2.64. The van der Waals surface area contributed by atoms with Crippen molar-refractivity contribution in [3.05, 3.63) is 77.9 Å². The molecule has 1 heteroatoms. The lowest BCUT2D eigenvalue weighted by atomic mass is 10.0. The van der Waals surface area contributed by atoms with E-state index < -0.39 is 0 Å². The highest BCUT2D eigenvalue weighted by Gasteiger charge is 2.44. The van der Waals surface area contributed by atoms with Gasteiger partial charge in [0.25, 0.3) is 0 Å². The quantitative estimate of drug-likeness (QED) is 0.573. The maximum absolute atomic E-state index is 2.45. The smallest absolute Gasteiger partial charge is 0.0111 e. The molecule has 0 saturated heterocycles. The highest BCUT2D eigenvalue weighted by atomic mass is 31.1. The largest absolute Gasteiger partial charge is 0.0804 e. The number of hydrogen-bond acceptors (Lipinski definition) is 0. The third-order valence-electron chi connectivity index (χ3n) is 5.25. The summed E-state index contributed by atoms with van der Waals surface area (Å²) in [5, 5.41) is 1.89. The van der Waals surface area contributed by atoms with Crippen molar-refractivity contribution >= 4 is 13.2 Å². The molecule has 0 atom stereocenters. The Kier molecular flexibility index (Phi) is 4.47. The zero-order valence-corrected chi connectivity index (χ0v) is 15.6. The Morgan fingerprint density at radius 1 is 0.739 bits per heavy atom. The van der Waals surface area contributed by atoms with Crippen LogP contribution in [-0.2, 0) is 0 Å². The summed E-state index contributed by atoms with van der Waals surface area (Å²) in [4.78, 5) is 0. The Bertz CT molecular complexity index is 642.